The summed E-state index contributed by atoms with van der Waals surface area (Å²) in [5, 5.41) is 11.9. The first-order valence-electron chi connectivity index (χ1n) is 5.75. The van der Waals surface area contributed by atoms with Crippen molar-refractivity contribution >= 4 is 17.4 Å². The minimum Gasteiger partial charge on any atom is -0.201 e. The zero-order valence-electron chi connectivity index (χ0n) is 10.2. The summed E-state index contributed by atoms with van der Waals surface area (Å²) < 4.78 is 26.4. The average molecular weight is 272 g/mol. The van der Waals surface area contributed by atoms with Gasteiger partial charge in [0.25, 0.3) is 6.43 Å². The minimum absolute atomic E-state index is 0.346. The lowest BCUT2D eigenvalue weighted by Crippen LogP contribution is -2.01. The van der Waals surface area contributed by atoms with Gasteiger partial charge < -0.3 is 0 Å². The van der Waals surface area contributed by atoms with Gasteiger partial charge in [0.1, 0.15) is 5.03 Å². The van der Waals surface area contributed by atoms with Crippen molar-refractivity contribution in [2.24, 2.45) is 5.92 Å². The van der Waals surface area contributed by atoms with E-state index in [-0.39, 0.29) is 0 Å². The summed E-state index contributed by atoms with van der Waals surface area (Å²) in [7, 11) is 0. The SMILES string of the molecule is CCC(C)CSc1ccc2nnc(C(F)F)n2n1. The first-order chi connectivity index (χ1) is 8.61. The molecule has 0 saturated carbocycles. The number of alkyl halides is 2. The van der Waals surface area contributed by atoms with Gasteiger partial charge in [0, 0.05) is 5.75 Å². The molecule has 2 heterocycles. The van der Waals surface area contributed by atoms with Gasteiger partial charge in [-0.25, -0.2) is 8.78 Å². The predicted octanol–water partition coefficient (Wildman–Crippen LogP) is 3.20. The predicted molar refractivity (Wildman–Crippen MR) is 65.9 cm³/mol. The van der Waals surface area contributed by atoms with Crippen molar-refractivity contribution in [3.8, 4) is 0 Å². The van der Waals surface area contributed by atoms with Crippen molar-refractivity contribution < 1.29 is 8.78 Å². The van der Waals surface area contributed by atoms with Gasteiger partial charge in [-0.3, -0.25) is 0 Å². The molecule has 0 fully saturated rings. The average Bonchev–Trinajstić information content (AvgIpc) is 2.78. The summed E-state index contributed by atoms with van der Waals surface area (Å²) in [5.74, 6) is 1.08. The van der Waals surface area contributed by atoms with E-state index in [1.54, 1.807) is 23.9 Å². The van der Waals surface area contributed by atoms with E-state index in [0.29, 0.717) is 16.6 Å². The maximum Gasteiger partial charge on any atom is 0.299 e. The number of hydrogen-bond acceptors (Lipinski definition) is 4. The Morgan fingerprint density at radius 2 is 2.11 bits per heavy atom. The highest BCUT2D eigenvalue weighted by molar-refractivity contribution is 7.99. The molecule has 0 bridgehead atoms. The van der Waals surface area contributed by atoms with Crippen molar-refractivity contribution in [1.29, 1.82) is 0 Å². The molecule has 98 valence electrons. The molecule has 0 saturated heterocycles. The minimum atomic E-state index is -2.66. The molecular weight excluding hydrogens is 258 g/mol. The zero-order chi connectivity index (χ0) is 13.1. The Kier molecular flexibility index (Phi) is 4.11. The van der Waals surface area contributed by atoms with Crippen LogP contribution < -0.4 is 0 Å². The van der Waals surface area contributed by atoms with E-state index >= 15 is 0 Å². The van der Waals surface area contributed by atoms with E-state index in [4.69, 9.17) is 0 Å². The van der Waals surface area contributed by atoms with E-state index < -0.39 is 12.2 Å². The van der Waals surface area contributed by atoms with Crippen LogP contribution in [0.25, 0.3) is 5.65 Å². The first kappa shape index (κ1) is 13.2. The molecule has 2 rings (SSSR count). The van der Waals surface area contributed by atoms with Gasteiger partial charge in [-0.2, -0.15) is 9.61 Å². The topological polar surface area (TPSA) is 43.1 Å². The molecule has 0 N–H and O–H groups in total. The summed E-state index contributed by atoms with van der Waals surface area (Å²) in [4.78, 5) is 0. The normalized spacial score (nSPS) is 13.4. The monoisotopic (exact) mass is 272 g/mol. The molecule has 7 heteroatoms. The van der Waals surface area contributed by atoms with E-state index in [9.17, 15) is 8.78 Å². The highest BCUT2D eigenvalue weighted by Crippen LogP contribution is 2.22. The Morgan fingerprint density at radius 1 is 1.33 bits per heavy atom. The molecule has 1 unspecified atom stereocenters. The maximum atomic E-state index is 12.7. The second-order valence-electron chi connectivity index (χ2n) is 4.12. The second kappa shape index (κ2) is 5.60. The number of hydrogen-bond donors (Lipinski definition) is 0. The number of rotatable bonds is 5. The van der Waals surface area contributed by atoms with Crippen LogP contribution in [0.3, 0.4) is 0 Å². The van der Waals surface area contributed by atoms with Crippen molar-refractivity contribution in [1.82, 2.24) is 19.8 Å². The van der Waals surface area contributed by atoms with Crippen molar-refractivity contribution in [3.63, 3.8) is 0 Å². The second-order valence-corrected chi connectivity index (χ2v) is 5.17. The molecule has 0 radical (unpaired) electrons. The molecule has 0 aromatic carbocycles. The molecule has 2 aromatic heterocycles. The fourth-order valence-electron chi connectivity index (χ4n) is 1.35. The van der Waals surface area contributed by atoms with Crippen LogP contribution in [0.15, 0.2) is 17.2 Å². The molecular formula is C11H14F2N4S. The third-order valence-corrected chi connectivity index (χ3v) is 3.92. The zero-order valence-corrected chi connectivity index (χ0v) is 11.0. The number of fused-ring (bicyclic) bond motifs is 1. The molecule has 1 atom stereocenters. The number of aromatic nitrogens is 4. The van der Waals surface area contributed by atoms with Gasteiger partial charge in [0.05, 0.1) is 0 Å². The molecule has 0 aliphatic carbocycles. The van der Waals surface area contributed by atoms with Crippen LogP contribution >= 0.6 is 11.8 Å². The standard InChI is InChI=1S/C11H14F2N4S/c1-3-7(2)6-18-9-5-4-8-14-15-11(10(12)13)17(8)16-9/h4-5,7,10H,3,6H2,1-2H3. The van der Waals surface area contributed by atoms with Crippen LogP contribution in [0.4, 0.5) is 8.78 Å². The van der Waals surface area contributed by atoms with Crippen LogP contribution in [0.5, 0.6) is 0 Å². The Balaban J connectivity index is 2.22. The lowest BCUT2D eigenvalue weighted by Gasteiger charge is -2.07. The highest BCUT2D eigenvalue weighted by atomic mass is 32.2. The molecule has 0 aliphatic rings. The third-order valence-electron chi connectivity index (χ3n) is 2.67. The quantitative estimate of drug-likeness (QED) is 0.784. The van der Waals surface area contributed by atoms with Gasteiger partial charge in [-0.1, -0.05) is 20.3 Å². The third kappa shape index (κ3) is 2.77. The number of nitrogens with zero attached hydrogens (tertiary/aromatic N) is 4. The molecule has 0 spiro atoms. The van der Waals surface area contributed by atoms with Crippen LogP contribution in [-0.2, 0) is 0 Å². The lowest BCUT2D eigenvalue weighted by molar-refractivity contribution is 0.137. The van der Waals surface area contributed by atoms with Gasteiger partial charge >= 0.3 is 0 Å². The van der Waals surface area contributed by atoms with E-state index in [1.807, 2.05) is 0 Å². The fourth-order valence-corrected chi connectivity index (χ4v) is 2.34. The summed E-state index contributed by atoms with van der Waals surface area (Å²) in [5.41, 5.74) is 0.346. The first-order valence-corrected chi connectivity index (χ1v) is 6.73. The highest BCUT2D eigenvalue weighted by Gasteiger charge is 2.17. The molecule has 18 heavy (non-hydrogen) atoms. The fraction of sp³-hybridized carbons (Fsp3) is 0.545. The Labute approximate surface area is 108 Å². The summed E-state index contributed by atoms with van der Waals surface area (Å²) in [6.45, 7) is 4.27. The largest absolute Gasteiger partial charge is 0.299 e. The van der Waals surface area contributed by atoms with Crippen LogP contribution in [0, 0.1) is 5.92 Å². The van der Waals surface area contributed by atoms with Gasteiger partial charge in [0.2, 0.25) is 5.82 Å². The number of halogens is 2. The maximum absolute atomic E-state index is 12.7. The van der Waals surface area contributed by atoms with Crippen molar-refractivity contribution in [3.05, 3.63) is 18.0 Å². The molecule has 4 nitrogen and oxygen atoms in total. The van der Waals surface area contributed by atoms with E-state index in [2.05, 4.69) is 29.1 Å². The van der Waals surface area contributed by atoms with Crippen LogP contribution in [0.1, 0.15) is 32.5 Å². The van der Waals surface area contributed by atoms with Gasteiger partial charge in [-0.15, -0.1) is 22.0 Å². The molecule has 2 aromatic rings. The molecule has 0 aliphatic heterocycles. The van der Waals surface area contributed by atoms with E-state index in [0.717, 1.165) is 16.7 Å². The Morgan fingerprint density at radius 3 is 2.78 bits per heavy atom. The van der Waals surface area contributed by atoms with Crippen molar-refractivity contribution in [2.45, 2.75) is 31.7 Å². The van der Waals surface area contributed by atoms with E-state index in [1.165, 1.54) is 0 Å². The smallest absolute Gasteiger partial charge is 0.201 e. The summed E-state index contributed by atoms with van der Waals surface area (Å²) in [6.07, 6.45) is -1.58. The Hall–Kier alpha value is -1.24. The van der Waals surface area contributed by atoms with Gasteiger partial charge in [0.15, 0.2) is 5.65 Å². The van der Waals surface area contributed by atoms with Gasteiger partial charge in [-0.05, 0) is 18.1 Å². The number of thioether (sulfide) groups is 1. The van der Waals surface area contributed by atoms with Crippen molar-refractivity contribution in [2.75, 3.05) is 5.75 Å². The summed E-state index contributed by atoms with van der Waals surface area (Å²) in [6, 6.07) is 3.44. The van der Waals surface area contributed by atoms with Crippen LogP contribution in [-0.4, -0.2) is 25.6 Å². The lowest BCUT2D eigenvalue weighted by atomic mass is 10.2. The van der Waals surface area contributed by atoms with Crippen LogP contribution in [0.2, 0.25) is 0 Å². The molecule has 0 amide bonds. The summed E-state index contributed by atoms with van der Waals surface area (Å²) >= 11 is 1.56. The Bertz CT molecular complexity index is 529.